The number of thiocarbonyl (C=S) groups is 1. The summed E-state index contributed by atoms with van der Waals surface area (Å²) in [6, 6.07) is 0.179. The Morgan fingerprint density at radius 3 is 2.58 bits per heavy atom. The zero-order valence-electron chi connectivity index (χ0n) is 6.56. The van der Waals surface area contributed by atoms with Crippen LogP contribution in [0.3, 0.4) is 0 Å². The molecule has 0 aromatic heterocycles. The maximum atomic E-state index is 10.5. The van der Waals surface area contributed by atoms with E-state index in [0.29, 0.717) is 13.1 Å². The van der Waals surface area contributed by atoms with Crippen molar-refractivity contribution in [1.29, 1.82) is 0 Å². The van der Waals surface area contributed by atoms with Gasteiger partial charge in [-0.2, -0.15) is 0 Å². The molecule has 1 amide bonds. The molecule has 5 heteroatoms. The zero-order valence-corrected chi connectivity index (χ0v) is 7.38. The molecule has 12 heavy (non-hydrogen) atoms. The van der Waals surface area contributed by atoms with E-state index in [-0.39, 0.29) is 6.04 Å². The number of aliphatic imine (C=N–C) groups is 1. The third-order valence-electron chi connectivity index (χ3n) is 1.97. The van der Waals surface area contributed by atoms with Gasteiger partial charge in [-0.15, -0.1) is 0 Å². The van der Waals surface area contributed by atoms with E-state index < -0.39 is 6.09 Å². The van der Waals surface area contributed by atoms with E-state index >= 15 is 0 Å². The second kappa shape index (κ2) is 4.18. The molecule has 4 nitrogen and oxygen atoms in total. The molecule has 0 unspecified atom stereocenters. The van der Waals surface area contributed by atoms with Crippen LogP contribution in [0, 0.1) is 0 Å². The molecule has 66 valence electrons. The molecule has 0 radical (unpaired) electrons. The molecule has 0 spiro atoms. The summed E-state index contributed by atoms with van der Waals surface area (Å²) in [7, 11) is 0. The smallest absolute Gasteiger partial charge is 0.407 e. The van der Waals surface area contributed by atoms with Crippen LogP contribution in [-0.2, 0) is 0 Å². The maximum Gasteiger partial charge on any atom is 0.407 e. The van der Waals surface area contributed by atoms with Crippen molar-refractivity contribution in [1.82, 2.24) is 4.90 Å². The lowest BCUT2D eigenvalue weighted by molar-refractivity contribution is 0.132. The van der Waals surface area contributed by atoms with Crippen molar-refractivity contribution >= 4 is 23.5 Å². The lowest BCUT2D eigenvalue weighted by Crippen LogP contribution is -2.38. The molecule has 1 aliphatic rings. The minimum Gasteiger partial charge on any atom is -0.465 e. The summed E-state index contributed by atoms with van der Waals surface area (Å²) in [6.45, 7) is 1.11. The number of hydrogen-bond donors (Lipinski definition) is 1. The first-order chi connectivity index (χ1) is 5.74. The predicted octanol–water partition coefficient (Wildman–Crippen LogP) is 1.23. The van der Waals surface area contributed by atoms with E-state index in [1.54, 1.807) is 0 Å². The number of amides is 1. The third kappa shape index (κ3) is 2.29. The Morgan fingerprint density at radius 2 is 2.17 bits per heavy atom. The van der Waals surface area contributed by atoms with Crippen molar-refractivity contribution in [3.63, 3.8) is 0 Å². The molecule has 0 aliphatic carbocycles. The van der Waals surface area contributed by atoms with Crippen molar-refractivity contribution < 1.29 is 9.90 Å². The summed E-state index contributed by atoms with van der Waals surface area (Å²) in [4.78, 5) is 15.8. The zero-order chi connectivity index (χ0) is 8.97. The van der Waals surface area contributed by atoms with Gasteiger partial charge < -0.3 is 10.0 Å². The highest BCUT2D eigenvalue weighted by molar-refractivity contribution is 7.78. The minimum atomic E-state index is -0.847. The van der Waals surface area contributed by atoms with Crippen LogP contribution in [-0.4, -0.2) is 40.4 Å². The van der Waals surface area contributed by atoms with Gasteiger partial charge >= 0.3 is 6.09 Å². The highest BCUT2D eigenvalue weighted by atomic mass is 32.1. The van der Waals surface area contributed by atoms with Gasteiger partial charge in [0.25, 0.3) is 0 Å². The largest absolute Gasteiger partial charge is 0.465 e. The molecule has 0 atom stereocenters. The highest BCUT2D eigenvalue weighted by Gasteiger charge is 2.21. The lowest BCUT2D eigenvalue weighted by atomic mass is 10.1. The summed E-state index contributed by atoms with van der Waals surface area (Å²) in [5, 5.41) is 10.9. The van der Waals surface area contributed by atoms with E-state index in [1.807, 2.05) is 0 Å². The predicted molar refractivity (Wildman–Crippen MR) is 47.6 cm³/mol. The van der Waals surface area contributed by atoms with Crippen LogP contribution in [0.4, 0.5) is 4.79 Å². The quantitative estimate of drug-likeness (QED) is 0.495. The van der Waals surface area contributed by atoms with Gasteiger partial charge in [0.15, 0.2) is 0 Å². The van der Waals surface area contributed by atoms with Gasteiger partial charge in [-0.3, -0.25) is 0 Å². The van der Waals surface area contributed by atoms with Crippen molar-refractivity contribution in [3.05, 3.63) is 0 Å². The molecule has 1 aliphatic heterocycles. The van der Waals surface area contributed by atoms with Crippen LogP contribution in [0.5, 0.6) is 0 Å². The number of nitrogens with zero attached hydrogens (tertiary/aromatic N) is 2. The van der Waals surface area contributed by atoms with Gasteiger partial charge in [0.1, 0.15) is 0 Å². The molecular formula is C7H10N2O2S. The molecule has 1 N–H and O–H groups in total. The summed E-state index contributed by atoms with van der Waals surface area (Å²) >= 11 is 4.47. The first-order valence-corrected chi connectivity index (χ1v) is 4.19. The fourth-order valence-electron chi connectivity index (χ4n) is 1.26. The average molecular weight is 186 g/mol. The molecule has 0 bridgehead atoms. The number of piperidine rings is 1. The first kappa shape index (κ1) is 9.16. The molecule has 1 saturated heterocycles. The molecule has 1 rings (SSSR count). The number of likely N-dealkylation sites (tertiary alicyclic amines) is 1. The van der Waals surface area contributed by atoms with Crippen LogP contribution in [0.15, 0.2) is 4.99 Å². The number of carboxylic acid groups (broad SMARTS) is 1. The number of hydrogen-bond acceptors (Lipinski definition) is 3. The SMILES string of the molecule is O=C(O)N1CCC(N=C=S)CC1. The van der Waals surface area contributed by atoms with E-state index in [4.69, 9.17) is 5.11 Å². The van der Waals surface area contributed by atoms with Gasteiger partial charge in [0.2, 0.25) is 0 Å². The standard InChI is InChI=1S/C7H10N2O2S/c10-7(11)9-3-1-6(2-4-9)8-5-12/h6H,1-4H2,(H,10,11). The summed E-state index contributed by atoms with van der Waals surface area (Å²) in [5.74, 6) is 0. The summed E-state index contributed by atoms with van der Waals surface area (Å²) in [6.07, 6.45) is 0.672. The Balaban J connectivity index is 2.39. The minimum absolute atomic E-state index is 0.179. The Kier molecular flexibility index (Phi) is 3.19. The van der Waals surface area contributed by atoms with E-state index in [0.717, 1.165) is 12.8 Å². The topological polar surface area (TPSA) is 52.9 Å². The van der Waals surface area contributed by atoms with Crippen LogP contribution in [0.1, 0.15) is 12.8 Å². The fourth-order valence-corrected chi connectivity index (χ4v) is 1.41. The van der Waals surface area contributed by atoms with Gasteiger partial charge in [-0.25, -0.2) is 9.79 Å². The Bertz CT molecular complexity index is 207. The first-order valence-electron chi connectivity index (χ1n) is 3.79. The third-order valence-corrected chi connectivity index (χ3v) is 2.08. The Morgan fingerprint density at radius 1 is 1.58 bits per heavy atom. The second-order valence-corrected chi connectivity index (χ2v) is 2.90. The van der Waals surface area contributed by atoms with Crippen molar-refractivity contribution in [3.8, 4) is 0 Å². The van der Waals surface area contributed by atoms with Crippen LogP contribution >= 0.6 is 12.2 Å². The second-order valence-electron chi connectivity index (χ2n) is 2.72. The Hall–Kier alpha value is -0.930. The van der Waals surface area contributed by atoms with Crippen molar-refractivity contribution in [2.24, 2.45) is 4.99 Å². The van der Waals surface area contributed by atoms with E-state index in [2.05, 4.69) is 22.4 Å². The molecule has 1 heterocycles. The fraction of sp³-hybridized carbons (Fsp3) is 0.714. The number of rotatable bonds is 1. The highest BCUT2D eigenvalue weighted by Crippen LogP contribution is 2.12. The van der Waals surface area contributed by atoms with E-state index in [9.17, 15) is 4.79 Å². The number of carbonyl (C=O) groups is 1. The number of isothiocyanates is 1. The normalized spacial score (nSPS) is 18.5. The Labute approximate surface area is 75.9 Å². The molecule has 0 saturated carbocycles. The van der Waals surface area contributed by atoms with Gasteiger partial charge in [-0.1, -0.05) is 0 Å². The molecular weight excluding hydrogens is 176 g/mol. The summed E-state index contributed by atoms with van der Waals surface area (Å²) in [5.41, 5.74) is 0. The van der Waals surface area contributed by atoms with Gasteiger partial charge in [-0.05, 0) is 25.1 Å². The van der Waals surface area contributed by atoms with Crippen LogP contribution in [0.2, 0.25) is 0 Å². The van der Waals surface area contributed by atoms with Crippen molar-refractivity contribution in [2.75, 3.05) is 13.1 Å². The van der Waals surface area contributed by atoms with Gasteiger partial charge in [0.05, 0.1) is 11.2 Å². The van der Waals surface area contributed by atoms with Crippen LogP contribution < -0.4 is 0 Å². The summed E-state index contributed by atoms with van der Waals surface area (Å²) < 4.78 is 0. The molecule has 0 aromatic rings. The lowest BCUT2D eigenvalue weighted by Gasteiger charge is -2.26. The monoisotopic (exact) mass is 186 g/mol. The maximum absolute atomic E-state index is 10.5. The van der Waals surface area contributed by atoms with E-state index in [1.165, 1.54) is 4.90 Å². The average Bonchev–Trinajstić information content (AvgIpc) is 2.06. The van der Waals surface area contributed by atoms with Gasteiger partial charge in [0, 0.05) is 13.1 Å². The van der Waals surface area contributed by atoms with Crippen LogP contribution in [0.25, 0.3) is 0 Å². The van der Waals surface area contributed by atoms with Crippen molar-refractivity contribution in [2.45, 2.75) is 18.9 Å². The molecule has 1 fully saturated rings. The molecule has 0 aromatic carbocycles.